The van der Waals surface area contributed by atoms with Crippen LogP contribution in [-0.4, -0.2) is 32.2 Å². The summed E-state index contributed by atoms with van der Waals surface area (Å²) in [5.74, 6) is 0.930. The maximum Gasteiger partial charge on any atom is 0.258 e. The van der Waals surface area contributed by atoms with E-state index in [1.54, 1.807) is 13.2 Å². The first-order valence-corrected chi connectivity index (χ1v) is 6.53. The minimum absolute atomic E-state index is 0.0648. The maximum atomic E-state index is 11.6. The van der Waals surface area contributed by atoms with E-state index in [2.05, 4.69) is 5.32 Å². The molecule has 0 unspecified atom stereocenters. The molecule has 1 aromatic carbocycles. The topological polar surface area (TPSA) is 73.6 Å². The molecule has 20 heavy (non-hydrogen) atoms. The number of benzene rings is 1. The average molecular weight is 278 g/mol. The summed E-state index contributed by atoms with van der Waals surface area (Å²) in [4.78, 5) is 11.6. The second kappa shape index (κ2) is 8.22. The lowest BCUT2D eigenvalue weighted by molar-refractivity contribution is -0.123. The largest absolute Gasteiger partial charge is 0.493 e. The number of allylic oxidation sites excluding steroid dienone is 1. The van der Waals surface area contributed by atoms with Gasteiger partial charge in [0.2, 0.25) is 0 Å². The van der Waals surface area contributed by atoms with Crippen LogP contribution in [-0.2, 0) is 4.79 Å². The molecule has 0 saturated heterocycles. The lowest BCUT2D eigenvalue weighted by atomic mass is 10.2. The Balaban J connectivity index is 2.65. The second-order valence-corrected chi connectivity index (χ2v) is 4.40. The van der Waals surface area contributed by atoms with Gasteiger partial charge in [0.1, 0.15) is 0 Å². The fraction of sp³-hybridized carbons (Fsp3) is 0.400. The van der Waals surface area contributed by atoms with E-state index < -0.39 is 0 Å². The quantitative estimate of drug-likeness (QED) is 0.794. The van der Waals surface area contributed by atoms with Gasteiger partial charge in [-0.05, 0) is 31.5 Å². The van der Waals surface area contributed by atoms with Crippen molar-refractivity contribution < 1.29 is 14.3 Å². The number of carbonyl (C=O) groups excluding carboxylic acids is 1. The summed E-state index contributed by atoms with van der Waals surface area (Å²) in [6.07, 6.45) is 3.90. The summed E-state index contributed by atoms with van der Waals surface area (Å²) < 4.78 is 10.7. The summed E-state index contributed by atoms with van der Waals surface area (Å²) in [7, 11) is 1.57. The normalized spacial score (nSPS) is 12.2. The van der Waals surface area contributed by atoms with Gasteiger partial charge in [0.15, 0.2) is 18.1 Å². The van der Waals surface area contributed by atoms with Gasteiger partial charge in [0.05, 0.1) is 7.11 Å². The molecule has 1 aromatic rings. The van der Waals surface area contributed by atoms with E-state index in [4.69, 9.17) is 15.2 Å². The Bertz CT molecular complexity index is 472. The van der Waals surface area contributed by atoms with Crippen molar-refractivity contribution in [3.63, 3.8) is 0 Å². The molecule has 0 heterocycles. The van der Waals surface area contributed by atoms with Gasteiger partial charge in [-0.2, -0.15) is 0 Å². The lowest BCUT2D eigenvalue weighted by Gasteiger charge is -2.13. The van der Waals surface area contributed by atoms with Crippen molar-refractivity contribution in [2.45, 2.75) is 19.9 Å². The van der Waals surface area contributed by atoms with Crippen LogP contribution < -0.4 is 20.5 Å². The second-order valence-electron chi connectivity index (χ2n) is 4.40. The van der Waals surface area contributed by atoms with E-state index in [1.165, 1.54) is 0 Å². The van der Waals surface area contributed by atoms with E-state index in [0.717, 1.165) is 5.56 Å². The van der Waals surface area contributed by atoms with Crippen molar-refractivity contribution in [1.29, 1.82) is 0 Å². The van der Waals surface area contributed by atoms with Crippen molar-refractivity contribution in [2.24, 2.45) is 5.73 Å². The van der Waals surface area contributed by atoms with Gasteiger partial charge in [-0.3, -0.25) is 4.79 Å². The smallest absolute Gasteiger partial charge is 0.258 e. The van der Waals surface area contributed by atoms with Gasteiger partial charge >= 0.3 is 0 Å². The van der Waals surface area contributed by atoms with Crippen LogP contribution in [0.5, 0.6) is 11.5 Å². The molecular formula is C15H22N2O3. The van der Waals surface area contributed by atoms with Crippen molar-refractivity contribution in [3.05, 3.63) is 29.8 Å². The Kier molecular flexibility index (Phi) is 6.59. The highest BCUT2D eigenvalue weighted by atomic mass is 16.5. The maximum absolute atomic E-state index is 11.6. The predicted octanol–water partition coefficient (Wildman–Crippen LogP) is 1.57. The molecule has 110 valence electrons. The molecule has 0 aromatic heterocycles. The van der Waals surface area contributed by atoms with Crippen LogP contribution >= 0.6 is 0 Å². The van der Waals surface area contributed by atoms with Crippen LogP contribution in [0.25, 0.3) is 6.08 Å². The Hall–Kier alpha value is -2.01. The fourth-order valence-electron chi connectivity index (χ4n) is 1.62. The summed E-state index contributed by atoms with van der Waals surface area (Å²) in [5, 5.41) is 2.73. The summed E-state index contributed by atoms with van der Waals surface area (Å²) in [6.45, 7) is 4.11. The molecule has 5 heteroatoms. The third-order valence-electron chi connectivity index (χ3n) is 2.67. The zero-order valence-corrected chi connectivity index (χ0v) is 12.2. The SMILES string of the molecule is C/C=C/c1ccc(OCC(=O)N[C@@H](C)CN)c(OC)c1. The lowest BCUT2D eigenvalue weighted by Crippen LogP contribution is -2.40. The predicted molar refractivity (Wildman–Crippen MR) is 79.9 cm³/mol. The molecule has 0 fully saturated rings. The van der Waals surface area contributed by atoms with Crippen molar-refractivity contribution in [3.8, 4) is 11.5 Å². The number of nitrogens with one attached hydrogen (secondary N) is 1. The molecule has 0 aliphatic rings. The van der Waals surface area contributed by atoms with Crippen LogP contribution in [0, 0.1) is 0 Å². The van der Waals surface area contributed by atoms with Crippen LogP contribution in [0.2, 0.25) is 0 Å². The Morgan fingerprint density at radius 1 is 1.45 bits per heavy atom. The zero-order valence-electron chi connectivity index (χ0n) is 12.2. The first-order valence-electron chi connectivity index (χ1n) is 6.53. The highest BCUT2D eigenvalue weighted by molar-refractivity contribution is 5.78. The van der Waals surface area contributed by atoms with Crippen LogP contribution in [0.4, 0.5) is 0 Å². The Morgan fingerprint density at radius 2 is 2.20 bits per heavy atom. The van der Waals surface area contributed by atoms with Gasteiger partial charge in [-0.25, -0.2) is 0 Å². The Labute approximate surface area is 119 Å². The number of nitrogens with two attached hydrogens (primary N) is 1. The van der Waals surface area contributed by atoms with Crippen molar-refractivity contribution in [2.75, 3.05) is 20.3 Å². The fourth-order valence-corrected chi connectivity index (χ4v) is 1.62. The molecule has 0 spiro atoms. The monoisotopic (exact) mass is 278 g/mol. The molecule has 0 saturated carbocycles. The van der Waals surface area contributed by atoms with E-state index in [9.17, 15) is 4.79 Å². The number of methoxy groups -OCH3 is 1. The number of hydrogen-bond donors (Lipinski definition) is 2. The molecule has 0 bridgehead atoms. The highest BCUT2D eigenvalue weighted by Crippen LogP contribution is 2.28. The van der Waals surface area contributed by atoms with E-state index >= 15 is 0 Å². The Morgan fingerprint density at radius 3 is 2.80 bits per heavy atom. The number of carbonyl (C=O) groups is 1. The molecule has 0 aliphatic heterocycles. The average Bonchev–Trinajstić information content (AvgIpc) is 2.45. The van der Waals surface area contributed by atoms with Gasteiger partial charge in [0, 0.05) is 12.6 Å². The molecular weight excluding hydrogens is 256 g/mol. The molecule has 0 aliphatic carbocycles. The van der Waals surface area contributed by atoms with Crippen LogP contribution in [0.1, 0.15) is 19.4 Å². The van der Waals surface area contributed by atoms with Gasteiger partial charge in [-0.15, -0.1) is 0 Å². The minimum Gasteiger partial charge on any atom is -0.493 e. The summed E-state index contributed by atoms with van der Waals surface area (Å²) in [6, 6.07) is 5.48. The van der Waals surface area contributed by atoms with Crippen LogP contribution in [0.15, 0.2) is 24.3 Å². The molecule has 1 amide bonds. The summed E-state index contributed by atoms with van der Waals surface area (Å²) in [5.41, 5.74) is 6.45. The van der Waals surface area contributed by atoms with E-state index in [0.29, 0.717) is 18.0 Å². The van der Waals surface area contributed by atoms with Crippen molar-refractivity contribution in [1.82, 2.24) is 5.32 Å². The standard InChI is InChI=1S/C15H22N2O3/c1-4-5-12-6-7-13(14(8-12)19-3)20-10-15(18)17-11(2)9-16/h4-8,11H,9-10,16H2,1-3H3,(H,17,18)/b5-4+/t11-/m0/s1. The first-order chi connectivity index (χ1) is 9.60. The van der Waals surface area contributed by atoms with Gasteiger partial charge in [0.25, 0.3) is 5.91 Å². The molecule has 1 atom stereocenters. The van der Waals surface area contributed by atoms with Crippen LogP contribution in [0.3, 0.4) is 0 Å². The molecule has 3 N–H and O–H groups in total. The first kappa shape index (κ1) is 16.0. The van der Waals surface area contributed by atoms with E-state index in [-0.39, 0.29) is 18.6 Å². The molecule has 5 nitrogen and oxygen atoms in total. The third kappa shape index (κ3) is 4.93. The molecule has 0 radical (unpaired) electrons. The molecule has 1 rings (SSSR count). The summed E-state index contributed by atoms with van der Waals surface area (Å²) >= 11 is 0. The van der Waals surface area contributed by atoms with Crippen molar-refractivity contribution >= 4 is 12.0 Å². The highest BCUT2D eigenvalue weighted by Gasteiger charge is 2.09. The van der Waals surface area contributed by atoms with Gasteiger partial charge in [-0.1, -0.05) is 18.2 Å². The number of amides is 1. The number of rotatable bonds is 7. The third-order valence-corrected chi connectivity index (χ3v) is 2.67. The van der Waals surface area contributed by atoms with Gasteiger partial charge < -0.3 is 20.5 Å². The zero-order chi connectivity index (χ0) is 15.0. The number of ether oxygens (including phenoxy) is 2. The number of hydrogen-bond acceptors (Lipinski definition) is 4. The minimum atomic E-state index is -0.206. The van der Waals surface area contributed by atoms with E-state index in [1.807, 2.05) is 38.1 Å².